The highest BCUT2D eigenvalue weighted by Crippen LogP contribution is 2.28. The van der Waals surface area contributed by atoms with Crippen molar-refractivity contribution in [3.63, 3.8) is 0 Å². The van der Waals surface area contributed by atoms with Gasteiger partial charge in [-0.3, -0.25) is 9.59 Å². The van der Waals surface area contributed by atoms with Crippen LogP contribution in [0, 0.1) is 5.92 Å². The fourth-order valence-electron chi connectivity index (χ4n) is 3.91. The van der Waals surface area contributed by atoms with Crippen LogP contribution < -0.4 is 20.7 Å². The average molecular weight is 498 g/mol. The van der Waals surface area contributed by atoms with E-state index in [1.54, 1.807) is 51.1 Å². The van der Waals surface area contributed by atoms with Crippen molar-refractivity contribution in [2.45, 2.75) is 39.2 Å². The van der Waals surface area contributed by atoms with Crippen LogP contribution in [0.2, 0.25) is 0 Å². The number of pyridine rings is 1. The molecule has 1 atom stereocenters. The summed E-state index contributed by atoms with van der Waals surface area (Å²) in [5.41, 5.74) is 0.539. The van der Waals surface area contributed by atoms with Gasteiger partial charge in [-0.15, -0.1) is 0 Å². The van der Waals surface area contributed by atoms with Gasteiger partial charge in [0.15, 0.2) is 0 Å². The Morgan fingerprint density at radius 2 is 1.83 bits per heavy atom. The molecule has 0 saturated carbocycles. The molecule has 0 radical (unpaired) electrons. The third kappa shape index (κ3) is 7.59. The van der Waals surface area contributed by atoms with E-state index in [1.165, 1.54) is 0 Å². The molecule has 36 heavy (non-hydrogen) atoms. The largest absolute Gasteiger partial charge is 0.495 e. The van der Waals surface area contributed by atoms with Gasteiger partial charge < -0.3 is 30.3 Å². The summed E-state index contributed by atoms with van der Waals surface area (Å²) >= 11 is 0. The monoisotopic (exact) mass is 497 g/mol. The number of carbonyl (C=O) groups excluding carboxylic acids is 3. The standard InChI is InChI=1S/C26H35N5O5/c1-26(2,3)36-25(34)29-15-14-28-23(32)18-9-8-16-31(17-18)24(33)19-10-7-13-27-22(19)30-20-11-5-6-12-21(20)35-4/h5-7,10-13,18H,8-9,14-17H2,1-4H3,(H,27,30)(H,28,32)(H,29,34). The molecule has 10 nitrogen and oxygen atoms in total. The lowest BCUT2D eigenvalue weighted by Gasteiger charge is -2.32. The van der Waals surface area contributed by atoms with Crippen LogP contribution in [0.4, 0.5) is 16.3 Å². The van der Waals surface area contributed by atoms with Gasteiger partial charge in [0.1, 0.15) is 17.2 Å². The third-order valence-electron chi connectivity index (χ3n) is 5.57. The van der Waals surface area contributed by atoms with Gasteiger partial charge in [0.2, 0.25) is 5.91 Å². The summed E-state index contributed by atoms with van der Waals surface area (Å²) in [5, 5.41) is 8.65. The van der Waals surface area contributed by atoms with E-state index in [0.29, 0.717) is 42.3 Å². The molecule has 0 aliphatic carbocycles. The summed E-state index contributed by atoms with van der Waals surface area (Å²) in [6.45, 7) is 6.76. The maximum Gasteiger partial charge on any atom is 0.407 e. The summed E-state index contributed by atoms with van der Waals surface area (Å²) in [7, 11) is 1.58. The Labute approximate surface area is 211 Å². The lowest BCUT2D eigenvalue weighted by atomic mass is 9.96. The van der Waals surface area contributed by atoms with Crippen molar-refractivity contribution in [2.75, 3.05) is 38.6 Å². The topological polar surface area (TPSA) is 122 Å². The second-order valence-electron chi connectivity index (χ2n) is 9.53. The number of piperidine rings is 1. The summed E-state index contributed by atoms with van der Waals surface area (Å²) in [6, 6.07) is 10.8. The van der Waals surface area contributed by atoms with E-state index in [4.69, 9.17) is 9.47 Å². The number of ether oxygens (including phenoxy) is 2. The minimum Gasteiger partial charge on any atom is -0.495 e. The average Bonchev–Trinajstić information content (AvgIpc) is 2.86. The van der Waals surface area contributed by atoms with Crippen molar-refractivity contribution in [1.82, 2.24) is 20.5 Å². The van der Waals surface area contributed by atoms with Crippen LogP contribution in [0.15, 0.2) is 42.6 Å². The van der Waals surface area contributed by atoms with E-state index >= 15 is 0 Å². The van der Waals surface area contributed by atoms with Crippen LogP contribution in [-0.2, 0) is 9.53 Å². The quantitative estimate of drug-likeness (QED) is 0.478. The number of hydrogen-bond donors (Lipinski definition) is 3. The van der Waals surface area contributed by atoms with Gasteiger partial charge in [-0.25, -0.2) is 9.78 Å². The molecular formula is C26H35N5O5. The molecule has 1 aromatic carbocycles. The first kappa shape index (κ1) is 26.8. The smallest absolute Gasteiger partial charge is 0.407 e. The lowest BCUT2D eigenvalue weighted by Crippen LogP contribution is -2.46. The number of alkyl carbamates (subject to hydrolysis) is 1. The van der Waals surface area contributed by atoms with Gasteiger partial charge >= 0.3 is 6.09 Å². The van der Waals surface area contributed by atoms with E-state index in [2.05, 4.69) is 20.9 Å². The van der Waals surface area contributed by atoms with Crippen molar-refractivity contribution >= 4 is 29.4 Å². The van der Waals surface area contributed by atoms with Crippen molar-refractivity contribution < 1.29 is 23.9 Å². The second kappa shape index (κ2) is 12.2. The molecule has 3 N–H and O–H groups in total. The number of nitrogens with zero attached hydrogens (tertiary/aromatic N) is 2. The zero-order valence-electron chi connectivity index (χ0n) is 21.3. The number of carbonyl (C=O) groups is 3. The molecule has 0 bridgehead atoms. The maximum atomic E-state index is 13.4. The van der Waals surface area contributed by atoms with E-state index in [-0.39, 0.29) is 30.8 Å². The Morgan fingerprint density at radius 3 is 2.58 bits per heavy atom. The predicted octanol–water partition coefficient (Wildman–Crippen LogP) is 3.33. The number of aromatic nitrogens is 1. The highest BCUT2D eigenvalue weighted by Gasteiger charge is 2.30. The number of anilines is 2. The molecule has 1 unspecified atom stereocenters. The minimum absolute atomic E-state index is 0.142. The Balaban J connectivity index is 1.57. The van der Waals surface area contributed by atoms with Crippen molar-refractivity contribution in [3.05, 3.63) is 48.2 Å². The zero-order valence-corrected chi connectivity index (χ0v) is 21.3. The van der Waals surface area contributed by atoms with Crippen molar-refractivity contribution in [1.29, 1.82) is 0 Å². The Morgan fingerprint density at radius 1 is 1.08 bits per heavy atom. The molecule has 1 saturated heterocycles. The van der Waals surface area contributed by atoms with Crippen LogP contribution in [0.25, 0.3) is 0 Å². The second-order valence-corrected chi connectivity index (χ2v) is 9.53. The molecular weight excluding hydrogens is 462 g/mol. The van der Waals surface area contributed by atoms with Gasteiger partial charge in [0.05, 0.1) is 24.3 Å². The van der Waals surface area contributed by atoms with Crippen LogP contribution >= 0.6 is 0 Å². The first-order chi connectivity index (χ1) is 17.2. The first-order valence-electron chi connectivity index (χ1n) is 12.1. The normalized spacial score (nSPS) is 15.6. The molecule has 3 rings (SSSR count). The summed E-state index contributed by atoms with van der Waals surface area (Å²) in [6.07, 6.45) is 2.50. The zero-order chi connectivity index (χ0) is 26.1. The number of hydrogen-bond acceptors (Lipinski definition) is 7. The number of para-hydroxylation sites is 2. The van der Waals surface area contributed by atoms with Gasteiger partial charge in [-0.1, -0.05) is 12.1 Å². The number of nitrogens with one attached hydrogen (secondary N) is 3. The molecule has 2 aromatic rings. The molecule has 1 aliphatic rings. The fourth-order valence-corrected chi connectivity index (χ4v) is 3.91. The van der Waals surface area contributed by atoms with Crippen molar-refractivity contribution in [2.24, 2.45) is 5.92 Å². The number of rotatable bonds is 8. The Hall–Kier alpha value is -3.82. The third-order valence-corrected chi connectivity index (χ3v) is 5.57. The fraction of sp³-hybridized carbons (Fsp3) is 0.462. The highest BCUT2D eigenvalue weighted by molar-refractivity contribution is 5.99. The molecule has 10 heteroatoms. The minimum atomic E-state index is -0.581. The van der Waals surface area contributed by atoms with E-state index in [0.717, 1.165) is 6.42 Å². The first-order valence-corrected chi connectivity index (χ1v) is 12.1. The SMILES string of the molecule is COc1ccccc1Nc1ncccc1C(=O)N1CCCC(C(=O)NCCNC(=O)OC(C)(C)C)C1. The molecule has 0 spiro atoms. The number of methoxy groups -OCH3 is 1. The highest BCUT2D eigenvalue weighted by atomic mass is 16.6. The molecule has 1 aromatic heterocycles. The van der Waals surface area contributed by atoms with Crippen molar-refractivity contribution in [3.8, 4) is 5.75 Å². The molecule has 3 amide bonds. The summed E-state index contributed by atoms with van der Waals surface area (Å²) in [4.78, 5) is 43.9. The maximum absolute atomic E-state index is 13.4. The van der Waals surface area contributed by atoms with Crippen LogP contribution in [0.3, 0.4) is 0 Å². The molecule has 1 aliphatic heterocycles. The number of likely N-dealkylation sites (tertiary alicyclic amines) is 1. The van der Waals surface area contributed by atoms with Gasteiger partial charge in [-0.05, 0) is 57.9 Å². The number of benzene rings is 1. The number of amides is 3. The van der Waals surface area contributed by atoms with E-state index in [1.807, 2.05) is 24.3 Å². The predicted molar refractivity (Wildman–Crippen MR) is 136 cm³/mol. The van der Waals surface area contributed by atoms with Crippen LogP contribution in [-0.4, -0.2) is 66.7 Å². The van der Waals surface area contributed by atoms with E-state index < -0.39 is 11.7 Å². The summed E-state index contributed by atoms with van der Waals surface area (Å²) < 4.78 is 10.6. The van der Waals surface area contributed by atoms with Crippen LogP contribution in [0.1, 0.15) is 44.0 Å². The Kier molecular flexibility index (Phi) is 9.10. The molecule has 2 heterocycles. The Bertz CT molecular complexity index is 1070. The molecule has 1 fully saturated rings. The van der Waals surface area contributed by atoms with Crippen LogP contribution in [0.5, 0.6) is 5.75 Å². The van der Waals surface area contributed by atoms with Gasteiger partial charge in [0.25, 0.3) is 5.91 Å². The lowest BCUT2D eigenvalue weighted by molar-refractivity contribution is -0.126. The van der Waals surface area contributed by atoms with Gasteiger partial charge in [-0.2, -0.15) is 0 Å². The molecule has 194 valence electrons. The summed E-state index contributed by atoms with van der Waals surface area (Å²) in [5.74, 6) is 0.400. The van der Waals surface area contributed by atoms with E-state index in [9.17, 15) is 14.4 Å². The van der Waals surface area contributed by atoms with Gasteiger partial charge in [0, 0.05) is 32.4 Å².